The van der Waals surface area contributed by atoms with Gasteiger partial charge in [0.05, 0.1) is 11.6 Å². The van der Waals surface area contributed by atoms with Crippen molar-refractivity contribution in [3.8, 4) is 0 Å². The molecule has 12 heavy (non-hydrogen) atoms. The Labute approximate surface area is 76.6 Å². The van der Waals surface area contributed by atoms with Crippen LogP contribution in [0.25, 0.3) is 0 Å². The largest absolute Gasteiger partial charge is 0.381 e. The van der Waals surface area contributed by atoms with E-state index in [9.17, 15) is 0 Å². The van der Waals surface area contributed by atoms with Crippen LogP contribution in [0.15, 0.2) is 12.1 Å². The fourth-order valence-electron chi connectivity index (χ4n) is 1.47. The van der Waals surface area contributed by atoms with Crippen molar-refractivity contribution < 1.29 is 4.74 Å². The maximum atomic E-state index is 5.34. The Bertz CT molecular complexity index is 253. The van der Waals surface area contributed by atoms with E-state index in [4.69, 9.17) is 4.74 Å². The second kappa shape index (κ2) is 3.46. The molecule has 1 aromatic rings. The molecule has 0 aliphatic carbocycles. The van der Waals surface area contributed by atoms with Crippen molar-refractivity contribution in [2.75, 3.05) is 25.6 Å². The molecule has 1 aliphatic heterocycles. The smallest absolute Gasteiger partial charge is 0.0882 e. The summed E-state index contributed by atoms with van der Waals surface area (Å²) in [6.07, 6.45) is 1.18. The molecule has 1 unspecified atom stereocenters. The van der Waals surface area contributed by atoms with Gasteiger partial charge in [-0.05, 0) is 18.6 Å². The number of thiophene rings is 1. The molecule has 1 atom stereocenters. The third-order valence-corrected chi connectivity index (χ3v) is 3.47. The number of nitrogens with one attached hydrogen (secondary N) is 1. The molecule has 1 N–H and O–H groups in total. The van der Waals surface area contributed by atoms with Gasteiger partial charge < -0.3 is 10.1 Å². The minimum absolute atomic E-state index is 0.650. The maximum Gasteiger partial charge on any atom is 0.0882 e. The Morgan fingerprint density at radius 2 is 2.50 bits per heavy atom. The molecule has 0 aromatic carbocycles. The number of ether oxygens (including phenoxy) is 1. The Balaban J connectivity index is 2.11. The molecule has 0 saturated carbocycles. The van der Waals surface area contributed by atoms with Crippen LogP contribution in [0.5, 0.6) is 0 Å². The highest BCUT2D eigenvalue weighted by molar-refractivity contribution is 7.16. The summed E-state index contributed by atoms with van der Waals surface area (Å²) >= 11 is 1.84. The zero-order chi connectivity index (χ0) is 8.39. The maximum absolute atomic E-state index is 5.34. The summed E-state index contributed by atoms with van der Waals surface area (Å²) in [5.41, 5.74) is 0. The van der Waals surface area contributed by atoms with Crippen molar-refractivity contribution in [3.63, 3.8) is 0 Å². The summed E-state index contributed by atoms with van der Waals surface area (Å²) in [4.78, 5) is 1.46. The lowest BCUT2D eigenvalue weighted by Crippen LogP contribution is -1.92. The predicted molar refractivity (Wildman–Crippen MR) is 52.0 cm³/mol. The van der Waals surface area contributed by atoms with Gasteiger partial charge in [-0.15, -0.1) is 11.3 Å². The Morgan fingerprint density at radius 3 is 3.08 bits per heavy atom. The molecule has 3 heteroatoms. The summed E-state index contributed by atoms with van der Waals surface area (Å²) < 4.78 is 5.34. The minimum atomic E-state index is 0.650. The molecule has 2 nitrogen and oxygen atoms in total. The van der Waals surface area contributed by atoms with Crippen LogP contribution in [-0.4, -0.2) is 20.3 Å². The van der Waals surface area contributed by atoms with Gasteiger partial charge in [0.1, 0.15) is 0 Å². The lowest BCUT2D eigenvalue weighted by molar-refractivity contribution is 0.194. The highest BCUT2D eigenvalue weighted by atomic mass is 32.1. The molecule has 1 aromatic heterocycles. The molecular weight excluding hydrogens is 170 g/mol. The van der Waals surface area contributed by atoms with Gasteiger partial charge in [0.15, 0.2) is 0 Å². The first-order chi connectivity index (χ1) is 5.90. The van der Waals surface area contributed by atoms with Crippen molar-refractivity contribution in [2.45, 2.75) is 12.3 Å². The van der Waals surface area contributed by atoms with Crippen LogP contribution in [0.1, 0.15) is 17.2 Å². The summed E-state index contributed by atoms with van der Waals surface area (Å²) in [7, 11) is 1.96. The van der Waals surface area contributed by atoms with Crippen molar-refractivity contribution in [3.05, 3.63) is 17.0 Å². The van der Waals surface area contributed by atoms with Gasteiger partial charge in [0, 0.05) is 24.4 Å². The Morgan fingerprint density at radius 1 is 1.58 bits per heavy atom. The van der Waals surface area contributed by atoms with Crippen molar-refractivity contribution >= 4 is 16.3 Å². The van der Waals surface area contributed by atoms with E-state index >= 15 is 0 Å². The van der Waals surface area contributed by atoms with Gasteiger partial charge in [0.2, 0.25) is 0 Å². The number of anilines is 1. The first kappa shape index (κ1) is 8.08. The molecular formula is C9H13NOS. The molecule has 2 rings (SSSR count). The van der Waals surface area contributed by atoms with Gasteiger partial charge >= 0.3 is 0 Å². The van der Waals surface area contributed by atoms with Crippen LogP contribution in [0.2, 0.25) is 0 Å². The van der Waals surface area contributed by atoms with Crippen LogP contribution in [0.4, 0.5) is 5.00 Å². The second-order valence-corrected chi connectivity index (χ2v) is 4.13. The van der Waals surface area contributed by atoms with Gasteiger partial charge in [-0.1, -0.05) is 0 Å². The van der Waals surface area contributed by atoms with Crippen LogP contribution in [-0.2, 0) is 4.74 Å². The summed E-state index contributed by atoms with van der Waals surface area (Å²) in [5.74, 6) is 0.650. The third-order valence-electron chi connectivity index (χ3n) is 2.21. The van der Waals surface area contributed by atoms with E-state index in [0.29, 0.717) is 5.92 Å². The number of hydrogen-bond donors (Lipinski definition) is 1. The second-order valence-electron chi connectivity index (χ2n) is 3.01. The monoisotopic (exact) mass is 183 g/mol. The first-order valence-corrected chi connectivity index (χ1v) is 5.07. The van der Waals surface area contributed by atoms with E-state index in [1.165, 1.54) is 16.3 Å². The topological polar surface area (TPSA) is 21.3 Å². The standard InChI is InChI=1S/C9H13NOS/c1-10-9-3-2-8(12-9)7-4-5-11-6-7/h2-3,7,10H,4-6H2,1H3. The molecule has 0 amide bonds. The average Bonchev–Trinajstić information content (AvgIpc) is 2.75. The minimum Gasteiger partial charge on any atom is -0.381 e. The Kier molecular flexibility index (Phi) is 2.33. The lowest BCUT2D eigenvalue weighted by atomic mass is 10.1. The molecule has 0 bridgehead atoms. The van der Waals surface area contributed by atoms with Gasteiger partial charge in [0.25, 0.3) is 0 Å². The van der Waals surface area contributed by atoms with Crippen LogP contribution in [0, 0.1) is 0 Å². The molecule has 0 radical (unpaired) electrons. The van der Waals surface area contributed by atoms with Crippen LogP contribution >= 0.6 is 11.3 Å². The summed E-state index contributed by atoms with van der Waals surface area (Å²) in [5, 5.41) is 4.40. The predicted octanol–water partition coefficient (Wildman–Crippen LogP) is 2.29. The summed E-state index contributed by atoms with van der Waals surface area (Å²) in [6.45, 7) is 1.83. The molecule has 1 aliphatic rings. The Hall–Kier alpha value is -0.540. The summed E-state index contributed by atoms with van der Waals surface area (Å²) in [6, 6.07) is 4.34. The van der Waals surface area contributed by atoms with Gasteiger partial charge in [-0.3, -0.25) is 0 Å². The van der Waals surface area contributed by atoms with E-state index < -0.39 is 0 Å². The van der Waals surface area contributed by atoms with Gasteiger partial charge in [-0.25, -0.2) is 0 Å². The molecule has 66 valence electrons. The average molecular weight is 183 g/mol. The van der Waals surface area contributed by atoms with Crippen molar-refractivity contribution in [2.24, 2.45) is 0 Å². The normalized spacial score (nSPS) is 22.9. The quantitative estimate of drug-likeness (QED) is 0.759. The molecule has 2 heterocycles. The number of rotatable bonds is 2. The van der Waals surface area contributed by atoms with Crippen LogP contribution < -0.4 is 5.32 Å². The van der Waals surface area contributed by atoms with E-state index in [0.717, 1.165) is 13.2 Å². The lowest BCUT2D eigenvalue weighted by Gasteiger charge is -2.01. The molecule has 1 fully saturated rings. The van der Waals surface area contributed by atoms with E-state index in [-0.39, 0.29) is 0 Å². The van der Waals surface area contributed by atoms with E-state index in [2.05, 4.69) is 17.4 Å². The SMILES string of the molecule is CNc1ccc(C2CCOC2)s1. The fourth-order valence-corrected chi connectivity index (χ4v) is 2.45. The first-order valence-electron chi connectivity index (χ1n) is 4.25. The van der Waals surface area contributed by atoms with E-state index in [1.54, 1.807) is 0 Å². The molecule has 1 saturated heterocycles. The zero-order valence-electron chi connectivity index (χ0n) is 7.17. The highest BCUT2D eigenvalue weighted by Gasteiger charge is 2.18. The third kappa shape index (κ3) is 1.47. The van der Waals surface area contributed by atoms with Gasteiger partial charge in [-0.2, -0.15) is 0 Å². The van der Waals surface area contributed by atoms with Crippen LogP contribution in [0.3, 0.4) is 0 Å². The molecule has 0 spiro atoms. The van der Waals surface area contributed by atoms with Crippen molar-refractivity contribution in [1.29, 1.82) is 0 Å². The number of hydrogen-bond acceptors (Lipinski definition) is 3. The van der Waals surface area contributed by atoms with Crippen molar-refractivity contribution in [1.82, 2.24) is 0 Å². The highest BCUT2D eigenvalue weighted by Crippen LogP contribution is 2.32. The fraction of sp³-hybridized carbons (Fsp3) is 0.556. The van der Waals surface area contributed by atoms with E-state index in [1.807, 2.05) is 18.4 Å². The zero-order valence-corrected chi connectivity index (χ0v) is 7.99.